The van der Waals surface area contributed by atoms with Gasteiger partial charge in [-0.1, -0.05) is 0 Å². The third-order valence-corrected chi connectivity index (χ3v) is 2.95. The van der Waals surface area contributed by atoms with Gasteiger partial charge in [0, 0.05) is 18.8 Å². The molecule has 1 aliphatic rings. The highest BCUT2D eigenvalue weighted by Crippen LogP contribution is 2.30. The summed E-state index contributed by atoms with van der Waals surface area (Å²) in [5.41, 5.74) is -0.953. The van der Waals surface area contributed by atoms with Crippen LogP contribution in [0.25, 0.3) is 0 Å². The molecule has 0 aliphatic carbocycles. The van der Waals surface area contributed by atoms with Crippen molar-refractivity contribution in [1.82, 2.24) is 9.32 Å². The molecule has 1 aliphatic heterocycles. The fourth-order valence-electron chi connectivity index (χ4n) is 1.93. The molecule has 0 aromatic carbocycles. The number of halogens is 1. The SMILES string of the molecule is CN1C(=O)N(Cl)C(C)(C[N+](C)(C)C)C1=O. The van der Waals surface area contributed by atoms with Crippen molar-refractivity contribution in [3.63, 3.8) is 0 Å². The van der Waals surface area contributed by atoms with Crippen LogP contribution in [-0.2, 0) is 4.79 Å². The number of rotatable bonds is 2. The number of carbonyl (C=O) groups excluding carboxylic acids is 2. The Kier molecular flexibility index (Phi) is 2.74. The quantitative estimate of drug-likeness (QED) is 0.397. The lowest BCUT2D eigenvalue weighted by Crippen LogP contribution is -2.55. The van der Waals surface area contributed by atoms with E-state index in [1.54, 1.807) is 6.92 Å². The molecule has 0 aromatic heterocycles. The van der Waals surface area contributed by atoms with Crippen molar-refractivity contribution < 1.29 is 14.1 Å². The first-order valence-corrected chi connectivity index (χ1v) is 5.02. The molecular formula is C9H17ClN3O2+. The van der Waals surface area contributed by atoms with Gasteiger partial charge >= 0.3 is 6.03 Å². The van der Waals surface area contributed by atoms with Crippen LogP contribution in [0, 0.1) is 0 Å². The smallest absolute Gasteiger partial charge is 0.328 e. The zero-order valence-electron chi connectivity index (χ0n) is 9.74. The van der Waals surface area contributed by atoms with Gasteiger partial charge < -0.3 is 4.48 Å². The molecule has 3 amide bonds. The van der Waals surface area contributed by atoms with Gasteiger partial charge in [-0.2, -0.15) is 0 Å². The van der Waals surface area contributed by atoms with Gasteiger partial charge in [-0.05, 0) is 6.92 Å². The maximum Gasteiger partial charge on any atom is 0.342 e. The molecule has 0 N–H and O–H groups in total. The number of nitrogens with zero attached hydrogens (tertiary/aromatic N) is 3. The largest absolute Gasteiger partial charge is 0.342 e. The van der Waals surface area contributed by atoms with E-state index in [9.17, 15) is 9.59 Å². The van der Waals surface area contributed by atoms with Gasteiger partial charge in [-0.15, -0.1) is 0 Å². The summed E-state index contributed by atoms with van der Waals surface area (Å²) >= 11 is 5.88. The Morgan fingerprint density at radius 1 is 1.33 bits per heavy atom. The van der Waals surface area contributed by atoms with Crippen molar-refractivity contribution in [1.29, 1.82) is 0 Å². The second-order valence-electron chi connectivity index (χ2n) is 5.15. The standard InChI is InChI=1S/C9H17ClN3O2/c1-9(6-13(3,4)5)7(14)11(2)8(15)12(9)10/h6H2,1-5H3/q+1. The van der Waals surface area contributed by atoms with E-state index >= 15 is 0 Å². The highest BCUT2D eigenvalue weighted by molar-refractivity contribution is 6.28. The summed E-state index contributed by atoms with van der Waals surface area (Å²) in [6, 6.07) is -0.461. The first-order chi connectivity index (χ1) is 6.59. The lowest BCUT2D eigenvalue weighted by molar-refractivity contribution is -0.873. The van der Waals surface area contributed by atoms with Gasteiger partial charge in [0.25, 0.3) is 5.91 Å². The first kappa shape index (κ1) is 12.3. The number of carbonyl (C=O) groups is 2. The zero-order chi connectivity index (χ0) is 12.0. The molecule has 1 saturated heterocycles. The number of likely N-dealkylation sites (N-methyl/N-ethyl adjacent to an activating group) is 2. The summed E-state index contributed by atoms with van der Waals surface area (Å²) in [5, 5.41) is 0. The summed E-state index contributed by atoms with van der Waals surface area (Å²) in [5.74, 6) is -0.254. The van der Waals surface area contributed by atoms with Crippen molar-refractivity contribution in [3.05, 3.63) is 0 Å². The minimum atomic E-state index is -0.953. The molecule has 6 heteroatoms. The molecule has 0 radical (unpaired) electrons. The molecule has 0 aromatic rings. The molecule has 0 spiro atoms. The molecule has 1 fully saturated rings. The monoisotopic (exact) mass is 234 g/mol. The van der Waals surface area contributed by atoms with E-state index in [1.165, 1.54) is 7.05 Å². The van der Waals surface area contributed by atoms with Crippen LogP contribution in [0.15, 0.2) is 0 Å². The molecule has 1 heterocycles. The average Bonchev–Trinajstić information content (AvgIpc) is 2.19. The molecule has 15 heavy (non-hydrogen) atoms. The highest BCUT2D eigenvalue weighted by Gasteiger charge is 2.55. The molecule has 1 unspecified atom stereocenters. The Balaban J connectivity index is 3.03. The first-order valence-electron chi connectivity index (χ1n) is 4.68. The Morgan fingerprint density at radius 3 is 2.07 bits per heavy atom. The highest BCUT2D eigenvalue weighted by atomic mass is 35.5. The normalized spacial score (nSPS) is 27.9. The van der Waals surface area contributed by atoms with Crippen molar-refractivity contribution in [3.8, 4) is 0 Å². The van der Waals surface area contributed by atoms with Crippen LogP contribution < -0.4 is 0 Å². The zero-order valence-corrected chi connectivity index (χ0v) is 10.5. The van der Waals surface area contributed by atoms with Crippen molar-refractivity contribution in [2.45, 2.75) is 12.5 Å². The minimum absolute atomic E-state index is 0.254. The fourth-order valence-corrected chi connectivity index (χ4v) is 2.17. The van der Waals surface area contributed by atoms with E-state index in [4.69, 9.17) is 11.8 Å². The van der Waals surface area contributed by atoms with Crippen molar-refractivity contribution in [2.24, 2.45) is 0 Å². The molecule has 0 bridgehead atoms. The lowest BCUT2D eigenvalue weighted by Gasteiger charge is -2.34. The molecule has 5 nitrogen and oxygen atoms in total. The number of hydrogen-bond acceptors (Lipinski definition) is 2. The third kappa shape index (κ3) is 1.94. The van der Waals surface area contributed by atoms with Gasteiger partial charge in [0.1, 0.15) is 6.54 Å². The molecule has 86 valence electrons. The van der Waals surface area contributed by atoms with Gasteiger partial charge in [-0.3, -0.25) is 9.69 Å². The molecule has 0 saturated carbocycles. The van der Waals surface area contributed by atoms with Crippen molar-refractivity contribution in [2.75, 3.05) is 34.7 Å². The number of hydrogen-bond donors (Lipinski definition) is 0. The Bertz CT molecular complexity index is 313. The Morgan fingerprint density at radius 2 is 1.80 bits per heavy atom. The van der Waals surface area contributed by atoms with Gasteiger partial charge in [0.2, 0.25) is 0 Å². The number of amides is 3. The maximum absolute atomic E-state index is 11.9. The van der Waals surface area contributed by atoms with E-state index in [1.807, 2.05) is 21.1 Å². The van der Waals surface area contributed by atoms with Crippen molar-refractivity contribution >= 4 is 23.7 Å². The minimum Gasteiger partial charge on any atom is -0.328 e. The van der Waals surface area contributed by atoms with Gasteiger partial charge in [0.05, 0.1) is 21.1 Å². The van der Waals surface area contributed by atoms with E-state index in [0.717, 1.165) is 9.32 Å². The molecule has 1 rings (SSSR count). The van der Waals surface area contributed by atoms with E-state index in [2.05, 4.69) is 0 Å². The second kappa shape index (κ2) is 3.35. The lowest BCUT2D eigenvalue weighted by atomic mass is 10.0. The van der Waals surface area contributed by atoms with E-state index < -0.39 is 11.6 Å². The third-order valence-electron chi connectivity index (χ3n) is 2.44. The fraction of sp³-hybridized carbons (Fsp3) is 0.778. The van der Waals surface area contributed by atoms with Gasteiger partial charge in [-0.25, -0.2) is 9.21 Å². The van der Waals surface area contributed by atoms with Crippen LogP contribution in [-0.4, -0.2) is 66.0 Å². The van der Waals surface area contributed by atoms with E-state index in [0.29, 0.717) is 11.0 Å². The number of imide groups is 1. The van der Waals surface area contributed by atoms with Crippen LogP contribution in [0.1, 0.15) is 6.92 Å². The van der Waals surface area contributed by atoms with Gasteiger partial charge in [0.15, 0.2) is 5.54 Å². The number of urea groups is 1. The predicted octanol–water partition coefficient (Wildman–Crippen LogP) is 0.499. The Hall–Kier alpha value is -0.810. The van der Waals surface area contributed by atoms with Crippen LogP contribution in [0.4, 0.5) is 4.79 Å². The molecular weight excluding hydrogens is 218 g/mol. The second-order valence-corrected chi connectivity index (χ2v) is 5.49. The Labute approximate surface area is 94.9 Å². The predicted molar refractivity (Wildman–Crippen MR) is 57.2 cm³/mol. The van der Waals surface area contributed by atoms with Crippen LogP contribution in [0.3, 0.4) is 0 Å². The summed E-state index contributed by atoms with van der Waals surface area (Å²) < 4.78 is 1.56. The summed E-state index contributed by atoms with van der Waals surface area (Å²) in [7, 11) is 7.30. The van der Waals surface area contributed by atoms with E-state index in [-0.39, 0.29) is 5.91 Å². The number of quaternary nitrogens is 1. The summed E-state index contributed by atoms with van der Waals surface area (Å²) in [4.78, 5) is 24.5. The summed E-state index contributed by atoms with van der Waals surface area (Å²) in [6.45, 7) is 2.17. The van der Waals surface area contributed by atoms with Crippen LogP contribution >= 0.6 is 11.8 Å². The maximum atomic E-state index is 11.9. The van der Waals surface area contributed by atoms with Crippen LogP contribution in [0.2, 0.25) is 0 Å². The van der Waals surface area contributed by atoms with Crippen LogP contribution in [0.5, 0.6) is 0 Å². The molecule has 1 atom stereocenters. The topological polar surface area (TPSA) is 40.6 Å². The average molecular weight is 235 g/mol. The summed E-state index contributed by atoms with van der Waals surface area (Å²) in [6.07, 6.45) is 0.